The van der Waals surface area contributed by atoms with E-state index in [1.807, 2.05) is 44.2 Å². The molecule has 2 aromatic rings. The van der Waals surface area contributed by atoms with Crippen molar-refractivity contribution < 1.29 is 9.53 Å². The second-order valence-corrected chi connectivity index (χ2v) is 5.75. The molecule has 1 aliphatic rings. The van der Waals surface area contributed by atoms with Crippen LogP contribution in [0, 0.1) is 13.8 Å². The van der Waals surface area contributed by atoms with Crippen molar-refractivity contribution in [3.8, 4) is 0 Å². The average molecular weight is 311 g/mol. The highest BCUT2D eigenvalue weighted by atomic mass is 16.5. The minimum Gasteiger partial charge on any atom is -0.378 e. The summed E-state index contributed by atoms with van der Waals surface area (Å²) in [5.41, 5.74) is 3.46. The maximum absolute atomic E-state index is 12.5. The third-order valence-electron chi connectivity index (χ3n) is 3.93. The molecule has 1 fully saturated rings. The van der Waals surface area contributed by atoms with E-state index in [9.17, 15) is 4.79 Å². The van der Waals surface area contributed by atoms with Crippen LogP contribution in [0.5, 0.6) is 0 Å². The standard InChI is InChI=1S/C18H21N3O2/c1-13-6-7-15(14(2)12-13)20-18(22)16-4-3-5-17(19-16)21-8-10-23-11-9-21/h3-7,12H,8-11H2,1-2H3,(H,20,22). The minimum atomic E-state index is -0.188. The van der Waals surface area contributed by atoms with Gasteiger partial charge in [0.25, 0.3) is 5.91 Å². The Morgan fingerprint density at radius 2 is 1.96 bits per heavy atom. The van der Waals surface area contributed by atoms with Crippen molar-refractivity contribution in [3.05, 3.63) is 53.2 Å². The first kappa shape index (κ1) is 15.5. The predicted octanol–water partition coefficient (Wildman–Crippen LogP) is 2.79. The molecule has 1 saturated heterocycles. The van der Waals surface area contributed by atoms with Crippen LogP contribution in [0.15, 0.2) is 36.4 Å². The van der Waals surface area contributed by atoms with E-state index in [1.165, 1.54) is 5.56 Å². The van der Waals surface area contributed by atoms with E-state index in [4.69, 9.17) is 4.74 Å². The molecule has 5 nitrogen and oxygen atoms in total. The van der Waals surface area contributed by atoms with E-state index in [0.717, 1.165) is 30.2 Å². The smallest absolute Gasteiger partial charge is 0.274 e. The molecule has 1 amide bonds. The van der Waals surface area contributed by atoms with Crippen molar-refractivity contribution in [1.29, 1.82) is 0 Å². The van der Waals surface area contributed by atoms with Crippen LogP contribution in [0.2, 0.25) is 0 Å². The summed E-state index contributed by atoms with van der Waals surface area (Å²) in [6.07, 6.45) is 0. The molecule has 1 N–H and O–H groups in total. The highest BCUT2D eigenvalue weighted by Gasteiger charge is 2.15. The number of carbonyl (C=O) groups is 1. The number of amides is 1. The van der Waals surface area contributed by atoms with Crippen LogP contribution >= 0.6 is 0 Å². The first-order valence-corrected chi connectivity index (χ1v) is 7.82. The molecule has 0 aliphatic carbocycles. The number of aryl methyl sites for hydroxylation is 2. The number of nitrogens with zero attached hydrogens (tertiary/aromatic N) is 2. The Bertz CT molecular complexity index is 709. The van der Waals surface area contributed by atoms with Gasteiger partial charge < -0.3 is 15.0 Å². The Hall–Kier alpha value is -2.40. The van der Waals surface area contributed by atoms with E-state index in [2.05, 4.69) is 15.2 Å². The molecule has 0 atom stereocenters. The number of rotatable bonds is 3. The molecule has 1 aromatic carbocycles. The number of hydrogen-bond acceptors (Lipinski definition) is 4. The van der Waals surface area contributed by atoms with Gasteiger partial charge in [-0.1, -0.05) is 23.8 Å². The summed E-state index contributed by atoms with van der Waals surface area (Å²) >= 11 is 0. The van der Waals surface area contributed by atoms with Crippen molar-refractivity contribution in [2.75, 3.05) is 36.5 Å². The van der Waals surface area contributed by atoms with Crippen LogP contribution in [0.4, 0.5) is 11.5 Å². The fourth-order valence-corrected chi connectivity index (χ4v) is 2.66. The maximum atomic E-state index is 12.5. The Morgan fingerprint density at radius 1 is 1.17 bits per heavy atom. The first-order valence-electron chi connectivity index (χ1n) is 7.82. The number of nitrogens with one attached hydrogen (secondary N) is 1. The molecule has 0 saturated carbocycles. The van der Waals surface area contributed by atoms with Crippen LogP contribution in [0.1, 0.15) is 21.6 Å². The molecule has 1 aliphatic heterocycles. The van der Waals surface area contributed by atoms with E-state index < -0.39 is 0 Å². The minimum absolute atomic E-state index is 0.188. The number of morpholine rings is 1. The summed E-state index contributed by atoms with van der Waals surface area (Å²) in [5.74, 6) is 0.633. The summed E-state index contributed by atoms with van der Waals surface area (Å²) in [6, 6.07) is 11.5. The first-order chi connectivity index (χ1) is 11.1. The van der Waals surface area contributed by atoms with Gasteiger partial charge in [0, 0.05) is 18.8 Å². The van der Waals surface area contributed by atoms with E-state index in [0.29, 0.717) is 18.9 Å². The van der Waals surface area contributed by atoms with Crippen LogP contribution in [0.3, 0.4) is 0 Å². The molecule has 1 aromatic heterocycles. The Labute approximate surface area is 136 Å². The van der Waals surface area contributed by atoms with Gasteiger partial charge in [-0.2, -0.15) is 0 Å². The van der Waals surface area contributed by atoms with Gasteiger partial charge in [-0.05, 0) is 37.6 Å². The lowest BCUT2D eigenvalue weighted by atomic mass is 10.1. The third-order valence-corrected chi connectivity index (χ3v) is 3.93. The van der Waals surface area contributed by atoms with Crippen molar-refractivity contribution in [1.82, 2.24) is 4.98 Å². The second-order valence-electron chi connectivity index (χ2n) is 5.75. The van der Waals surface area contributed by atoms with E-state index in [-0.39, 0.29) is 5.91 Å². The number of pyridine rings is 1. The molecular formula is C18H21N3O2. The molecule has 23 heavy (non-hydrogen) atoms. The Balaban J connectivity index is 1.76. The molecule has 120 valence electrons. The predicted molar refractivity (Wildman–Crippen MR) is 91.1 cm³/mol. The highest BCUT2D eigenvalue weighted by Crippen LogP contribution is 2.18. The summed E-state index contributed by atoms with van der Waals surface area (Å²) in [5, 5.41) is 2.94. The number of hydrogen-bond donors (Lipinski definition) is 1. The Morgan fingerprint density at radius 3 is 2.70 bits per heavy atom. The molecule has 0 bridgehead atoms. The van der Waals surface area contributed by atoms with Gasteiger partial charge >= 0.3 is 0 Å². The van der Waals surface area contributed by atoms with Gasteiger partial charge in [0.05, 0.1) is 13.2 Å². The average Bonchev–Trinajstić information content (AvgIpc) is 2.58. The van der Waals surface area contributed by atoms with Gasteiger partial charge in [0.1, 0.15) is 11.5 Å². The largest absolute Gasteiger partial charge is 0.378 e. The van der Waals surface area contributed by atoms with Gasteiger partial charge in [-0.15, -0.1) is 0 Å². The molecule has 5 heteroatoms. The zero-order valence-corrected chi connectivity index (χ0v) is 13.5. The zero-order valence-electron chi connectivity index (χ0n) is 13.5. The monoisotopic (exact) mass is 311 g/mol. The van der Waals surface area contributed by atoms with Gasteiger partial charge in [0.15, 0.2) is 0 Å². The van der Waals surface area contributed by atoms with Crippen LogP contribution < -0.4 is 10.2 Å². The number of benzene rings is 1. The van der Waals surface area contributed by atoms with Crippen LogP contribution in [0.25, 0.3) is 0 Å². The summed E-state index contributed by atoms with van der Waals surface area (Å²) in [4.78, 5) is 19.1. The van der Waals surface area contributed by atoms with Gasteiger partial charge in [-0.3, -0.25) is 4.79 Å². The second kappa shape index (κ2) is 6.79. The number of ether oxygens (including phenoxy) is 1. The van der Waals surface area contributed by atoms with Crippen molar-refractivity contribution >= 4 is 17.4 Å². The topological polar surface area (TPSA) is 54.5 Å². The zero-order chi connectivity index (χ0) is 16.2. The van der Waals surface area contributed by atoms with Crippen LogP contribution in [-0.2, 0) is 4.74 Å². The maximum Gasteiger partial charge on any atom is 0.274 e. The van der Waals surface area contributed by atoms with E-state index >= 15 is 0 Å². The van der Waals surface area contributed by atoms with E-state index in [1.54, 1.807) is 6.07 Å². The molecule has 3 rings (SSSR count). The normalized spacial score (nSPS) is 14.6. The molecular weight excluding hydrogens is 290 g/mol. The van der Waals surface area contributed by atoms with Crippen molar-refractivity contribution in [2.24, 2.45) is 0 Å². The van der Waals surface area contributed by atoms with Crippen molar-refractivity contribution in [3.63, 3.8) is 0 Å². The number of anilines is 2. The van der Waals surface area contributed by atoms with Crippen LogP contribution in [-0.4, -0.2) is 37.2 Å². The molecule has 0 radical (unpaired) electrons. The summed E-state index contributed by atoms with van der Waals surface area (Å²) in [6.45, 7) is 7.01. The Kier molecular flexibility index (Phi) is 4.57. The molecule has 0 unspecified atom stereocenters. The summed E-state index contributed by atoms with van der Waals surface area (Å²) < 4.78 is 5.35. The quantitative estimate of drug-likeness (QED) is 0.947. The number of aromatic nitrogens is 1. The van der Waals surface area contributed by atoms with Crippen molar-refractivity contribution in [2.45, 2.75) is 13.8 Å². The SMILES string of the molecule is Cc1ccc(NC(=O)c2cccc(N3CCOCC3)n2)c(C)c1. The lowest BCUT2D eigenvalue weighted by molar-refractivity contribution is 0.102. The number of carbonyl (C=O) groups excluding carboxylic acids is 1. The summed E-state index contributed by atoms with van der Waals surface area (Å²) in [7, 11) is 0. The lowest BCUT2D eigenvalue weighted by Gasteiger charge is -2.27. The van der Waals surface area contributed by atoms with Gasteiger partial charge in [-0.25, -0.2) is 4.98 Å². The molecule has 0 spiro atoms. The van der Waals surface area contributed by atoms with Gasteiger partial charge in [0.2, 0.25) is 0 Å². The third kappa shape index (κ3) is 3.68. The highest BCUT2D eigenvalue weighted by molar-refractivity contribution is 6.03. The fraction of sp³-hybridized carbons (Fsp3) is 0.333. The fourth-order valence-electron chi connectivity index (χ4n) is 2.66. The molecule has 2 heterocycles. The lowest BCUT2D eigenvalue weighted by Crippen LogP contribution is -2.37.